The number of aryl methyl sites for hydroxylation is 2. The lowest BCUT2D eigenvalue weighted by atomic mass is 10.0. The molecule has 0 N–H and O–H groups in total. The lowest BCUT2D eigenvalue weighted by Crippen LogP contribution is -2.41. The third-order valence-corrected chi connectivity index (χ3v) is 4.45. The number of benzene rings is 1. The van der Waals surface area contributed by atoms with Gasteiger partial charge in [0.05, 0.1) is 12.6 Å². The summed E-state index contributed by atoms with van der Waals surface area (Å²) in [6.45, 7) is 5.90. The van der Waals surface area contributed by atoms with Gasteiger partial charge < -0.3 is 9.64 Å². The van der Waals surface area contributed by atoms with Gasteiger partial charge in [-0.3, -0.25) is 4.79 Å². The van der Waals surface area contributed by atoms with Crippen LogP contribution in [0.2, 0.25) is 0 Å². The Balaban J connectivity index is 1.72. The Bertz CT molecular complexity index is 708. The van der Waals surface area contributed by atoms with E-state index < -0.39 is 0 Å². The normalized spacial score (nSPS) is 18.0. The molecule has 0 spiro atoms. The van der Waals surface area contributed by atoms with Crippen LogP contribution in [0.15, 0.2) is 24.3 Å². The summed E-state index contributed by atoms with van der Waals surface area (Å²) in [7, 11) is 1.67. The molecule has 1 aliphatic heterocycles. The van der Waals surface area contributed by atoms with Crippen LogP contribution in [0, 0.1) is 13.8 Å². The van der Waals surface area contributed by atoms with E-state index in [1.165, 1.54) is 0 Å². The molecule has 1 aromatic heterocycles. The number of carbonyl (C=O) groups is 1. The number of aromatic nitrogens is 3. The molecule has 1 saturated heterocycles. The van der Waals surface area contributed by atoms with Crippen LogP contribution in [0.1, 0.15) is 46.5 Å². The Hall–Kier alpha value is -2.21. The maximum atomic E-state index is 12.8. The molecule has 1 amide bonds. The molecule has 1 aliphatic rings. The summed E-state index contributed by atoms with van der Waals surface area (Å²) in [4.78, 5) is 19.1. The molecule has 6 nitrogen and oxygen atoms in total. The topological polar surface area (TPSA) is 60.2 Å². The van der Waals surface area contributed by atoms with Crippen molar-refractivity contribution in [2.24, 2.45) is 0 Å². The predicted molar refractivity (Wildman–Crippen MR) is 90.8 cm³/mol. The summed E-state index contributed by atoms with van der Waals surface area (Å²) in [6.07, 6.45) is 2.01. The number of amides is 1. The Morgan fingerprint density at radius 1 is 1.29 bits per heavy atom. The second-order valence-electron chi connectivity index (χ2n) is 6.33. The van der Waals surface area contributed by atoms with Crippen LogP contribution in [0.3, 0.4) is 0 Å². The van der Waals surface area contributed by atoms with Crippen LogP contribution < -0.4 is 0 Å². The number of rotatable bonds is 4. The van der Waals surface area contributed by atoms with Gasteiger partial charge in [0.25, 0.3) is 5.91 Å². The fourth-order valence-corrected chi connectivity index (χ4v) is 3.31. The number of carbonyl (C=O) groups excluding carboxylic acids is 1. The molecule has 0 bridgehead atoms. The maximum Gasteiger partial charge on any atom is 0.253 e. The Labute approximate surface area is 142 Å². The minimum atomic E-state index is 0.0816. The maximum absolute atomic E-state index is 12.8. The Morgan fingerprint density at radius 3 is 2.67 bits per heavy atom. The van der Waals surface area contributed by atoms with Crippen molar-refractivity contribution in [1.82, 2.24) is 19.7 Å². The molecule has 2 aromatic rings. The number of hydrogen-bond donors (Lipinski definition) is 0. The van der Waals surface area contributed by atoms with Gasteiger partial charge in [0.15, 0.2) is 0 Å². The van der Waals surface area contributed by atoms with Gasteiger partial charge in [0, 0.05) is 25.8 Å². The molecule has 0 unspecified atom stereocenters. The zero-order valence-electron chi connectivity index (χ0n) is 14.5. The van der Waals surface area contributed by atoms with Gasteiger partial charge in [-0.15, -0.1) is 0 Å². The van der Waals surface area contributed by atoms with Crippen molar-refractivity contribution in [3.63, 3.8) is 0 Å². The number of piperidine rings is 1. The van der Waals surface area contributed by atoms with Gasteiger partial charge in [-0.1, -0.05) is 12.1 Å². The van der Waals surface area contributed by atoms with Gasteiger partial charge in [-0.25, -0.2) is 9.67 Å². The summed E-state index contributed by atoms with van der Waals surface area (Å²) in [5.41, 5.74) is 1.79. The molecule has 1 atom stereocenters. The first-order valence-electron chi connectivity index (χ1n) is 8.35. The highest BCUT2D eigenvalue weighted by Gasteiger charge is 2.27. The molecule has 0 radical (unpaired) electrons. The number of likely N-dealkylation sites (tertiary alicyclic amines) is 1. The molecule has 0 aliphatic carbocycles. The summed E-state index contributed by atoms with van der Waals surface area (Å²) in [6, 6.07) is 7.86. The van der Waals surface area contributed by atoms with E-state index in [0.29, 0.717) is 13.2 Å². The van der Waals surface area contributed by atoms with E-state index in [-0.39, 0.29) is 11.9 Å². The third-order valence-electron chi connectivity index (χ3n) is 4.45. The molecule has 24 heavy (non-hydrogen) atoms. The number of methoxy groups -OCH3 is 1. The van der Waals surface area contributed by atoms with Crippen molar-refractivity contribution in [2.75, 3.05) is 20.2 Å². The highest BCUT2D eigenvalue weighted by molar-refractivity contribution is 5.94. The third kappa shape index (κ3) is 3.48. The van der Waals surface area contributed by atoms with Gasteiger partial charge in [-0.05, 0) is 44.4 Å². The van der Waals surface area contributed by atoms with Gasteiger partial charge in [0.1, 0.15) is 11.6 Å². The SMILES string of the molecule is COCc1ccc(C(=O)N2CCC[C@H](n3nc(C)nc3C)C2)cc1. The molecule has 1 aromatic carbocycles. The molecular formula is C18H24N4O2. The van der Waals surface area contributed by atoms with E-state index in [4.69, 9.17) is 4.74 Å². The highest BCUT2D eigenvalue weighted by atomic mass is 16.5. The standard InChI is InChI=1S/C18H24N4O2/c1-13-19-14(2)22(20-13)17-5-4-10-21(11-17)18(23)16-8-6-15(7-9-16)12-24-3/h6-9,17H,4-5,10-12H2,1-3H3/t17-/m0/s1. The average molecular weight is 328 g/mol. The summed E-state index contributed by atoms with van der Waals surface area (Å²) in [5, 5.41) is 4.49. The molecule has 0 saturated carbocycles. The minimum absolute atomic E-state index is 0.0816. The zero-order chi connectivity index (χ0) is 17.1. The van der Waals surface area contributed by atoms with Crippen LogP contribution >= 0.6 is 0 Å². The number of hydrogen-bond acceptors (Lipinski definition) is 4. The molecule has 128 valence electrons. The summed E-state index contributed by atoms with van der Waals surface area (Å²) < 4.78 is 7.08. The van der Waals surface area contributed by atoms with Crippen molar-refractivity contribution in [3.8, 4) is 0 Å². The van der Waals surface area contributed by atoms with E-state index >= 15 is 0 Å². The Kier molecular flexibility index (Phi) is 4.94. The Morgan fingerprint density at radius 2 is 2.04 bits per heavy atom. The highest BCUT2D eigenvalue weighted by Crippen LogP contribution is 2.23. The van der Waals surface area contributed by atoms with E-state index in [9.17, 15) is 4.79 Å². The van der Waals surface area contributed by atoms with Crippen molar-refractivity contribution in [2.45, 2.75) is 39.3 Å². The largest absolute Gasteiger partial charge is 0.380 e. The number of nitrogens with zero attached hydrogens (tertiary/aromatic N) is 4. The lowest BCUT2D eigenvalue weighted by Gasteiger charge is -2.33. The van der Waals surface area contributed by atoms with E-state index in [0.717, 1.165) is 42.2 Å². The molecular weight excluding hydrogens is 304 g/mol. The summed E-state index contributed by atoms with van der Waals surface area (Å²) in [5.74, 6) is 1.78. The smallest absolute Gasteiger partial charge is 0.253 e. The fraction of sp³-hybridized carbons (Fsp3) is 0.500. The van der Waals surface area contributed by atoms with Crippen LogP contribution in [0.25, 0.3) is 0 Å². The van der Waals surface area contributed by atoms with Crippen LogP contribution in [-0.4, -0.2) is 45.8 Å². The van der Waals surface area contributed by atoms with E-state index in [1.807, 2.05) is 47.7 Å². The lowest BCUT2D eigenvalue weighted by molar-refractivity contribution is 0.0671. The fourth-order valence-electron chi connectivity index (χ4n) is 3.31. The first-order valence-corrected chi connectivity index (χ1v) is 8.35. The average Bonchev–Trinajstić information content (AvgIpc) is 2.94. The zero-order valence-corrected chi connectivity index (χ0v) is 14.5. The van der Waals surface area contributed by atoms with E-state index in [2.05, 4.69) is 10.1 Å². The number of ether oxygens (including phenoxy) is 1. The van der Waals surface area contributed by atoms with Crippen LogP contribution in [-0.2, 0) is 11.3 Å². The second-order valence-corrected chi connectivity index (χ2v) is 6.33. The minimum Gasteiger partial charge on any atom is -0.380 e. The van der Waals surface area contributed by atoms with Crippen molar-refractivity contribution in [1.29, 1.82) is 0 Å². The molecule has 6 heteroatoms. The van der Waals surface area contributed by atoms with Crippen molar-refractivity contribution >= 4 is 5.91 Å². The van der Waals surface area contributed by atoms with Crippen LogP contribution in [0.5, 0.6) is 0 Å². The quantitative estimate of drug-likeness (QED) is 0.865. The predicted octanol–water partition coefficient (Wildman–Crippen LogP) is 2.52. The molecule has 1 fully saturated rings. The van der Waals surface area contributed by atoms with Crippen molar-refractivity contribution < 1.29 is 9.53 Å². The first-order chi connectivity index (χ1) is 11.6. The molecule has 3 rings (SSSR count). The second kappa shape index (κ2) is 7.13. The summed E-state index contributed by atoms with van der Waals surface area (Å²) >= 11 is 0. The van der Waals surface area contributed by atoms with E-state index in [1.54, 1.807) is 7.11 Å². The van der Waals surface area contributed by atoms with Gasteiger partial charge in [0.2, 0.25) is 0 Å². The van der Waals surface area contributed by atoms with Gasteiger partial charge in [-0.2, -0.15) is 5.10 Å². The van der Waals surface area contributed by atoms with Gasteiger partial charge >= 0.3 is 0 Å². The molecule has 2 heterocycles. The van der Waals surface area contributed by atoms with Crippen molar-refractivity contribution in [3.05, 3.63) is 47.0 Å². The monoisotopic (exact) mass is 328 g/mol. The van der Waals surface area contributed by atoms with Crippen LogP contribution in [0.4, 0.5) is 0 Å². The first kappa shape index (κ1) is 16.6.